The summed E-state index contributed by atoms with van der Waals surface area (Å²) in [6.45, 7) is -4.83. The van der Waals surface area contributed by atoms with Gasteiger partial charge in [0.25, 0.3) is 0 Å². The summed E-state index contributed by atoms with van der Waals surface area (Å²) in [5.74, 6) is -2.67. The first kappa shape index (κ1) is 46.8. The molecule has 0 unspecified atom stereocenters. The maximum Gasteiger partial charge on any atom is 1.00 e. The van der Waals surface area contributed by atoms with Gasteiger partial charge in [0.2, 0.25) is 11.8 Å². The molecule has 2 amide bonds. The molecule has 0 saturated carbocycles. The molecule has 6 N–H and O–H groups in total. The van der Waals surface area contributed by atoms with E-state index in [9.17, 15) is 49.5 Å². The molecule has 0 bridgehead atoms. The van der Waals surface area contributed by atoms with E-state index < -0.39 is 25.4 Å². The second-order valence-corrected chi connectivity index (χ2v) is 14.6. The van der Waals surface area contributed by atoms with Crippen LogP contribution < -0.4 is 77.9 Å². The third-order valence-electron chi connectivity index (χ3n) is 10.2. The minimum Gasteiger partial charge on any atom is -0.669 e. The summed E-state index contributed by atoms with van der Waals surface area (Å²) in [4.78, 5) is 59.4. The number of carboxylic acids is 2. The van der Waals surface area contributed by atoms with Gasteiger partial charge >= 0.3 is 84.6 Å². The smallest absolute Gasteiger partial charge is 0.669 e. The first-order chi connectivity index (χ1) is 27.6. The van der Waals surface area contributed by atoms with Crippen LogP contribution in [0.4, 0.5) is 0 Å². The molecule has 22 heteroatoms. The van der Waals surface area contributed by atoms with E-state index in [0.717, 1.165) is 11.1 Å². The first-order valence-corrected chi connectivity index (χ1v) is 18.7. The third kappa shape index (κ3) is 11.2. The van der Waals surface area contributed by atoms with Crippen molar-refractivity contribution in [2.45, 2.75) is 50.5 Å². The fourth-order valence-electron chi connectivity index (χ4n) is 7.03. The van der Waals surface area contributed by atoms with E-state index in [-0.39, 0.29) is 143 Å². The van der Waals surface area contributed by atoms with Gasteiger partial charge in [-0.2, -0.15) is 0 Å². The Bertz CT molecular complexity index is 2060. The molecule has 0 aliphatic carbocycles. The number of hydrogen-bond acceptors (Lipinski definition) is 14. The number of rotatable bonds is 10. The summed E-state index contributed by atoms with van der Waals surface area (Å²) in [5.41, 5.74) is 2.32. The molecule has 4 aromatic rings. The van der Waals surface area contributed by atoms with Crippen LogP contribution >= 0.6 is 0 Å². The minimum atomic E-state index is -3.09. The number of benzene rings is 2. The molecule has 0 radical (unpaired) electrons. The van der Waals surface area contributed by atoms with Crippen molar-refractivity contribution in [2.75, 3.05) is 26.2 Å². The molecule has 304 valence electrons. The van der Waals surface area contributed by atoms with Gasteiger partial charge in [-0.15, -0.1) is 0 Å². The van der Waals surface area contributed by atoms with E-state index in [4.69, 9.17) is 18.8 Å². The molecule has 0 spiro atoms. The van der Waals surface area contributed by atoms with Gasteiger partial charge in [0.05, 0.1) is 50.5 Å². The second-order valence-electron chi connectivity index (χ2n) is 14.6. The number of carbonyl (C=O) groups excluding carboxylic acids is 2. The van der Waals surface area contributed by atoms with Crippen molar-refractivity contribution < 1.29 is 127 Å². The number of nitrogens with zero attached hydrogens (tertiary/aromatic N) is 4. The van der Waals surface area contributed by atoms with Gasteiger partial charge in [-0.1, -0.05) is 36.9 Å². The zero-order valence-corrected chi connectivity index (χ0v) is 37.0. The summed E-state index contributed by atoms with van der Waals surface area (Å²) in [7, 11) is 0. The number of ether oxygens (including phenoxy) is 2. The Balaban J connectivity index is 0.000000220. The summed E-state index contributed by atoms with van der Waals surface area (Å²) >= 11 is 0. The van der Waals surface area contributed by atoms with E-state index in [0.29, 0.717) is 50.1 Å². The van der Waals surface area contributed by atoms with E-state index in [1.54, 1.807) is 71.0 Å². The Labute approximate surface area is 388 Å². The van der Waals surface area contributed by atoms with Gasteiger partial charge < -0.3 is 58.9 Å². The Morgan fingerprint density at radius 1 is 0.633 bits per heavy atom. The predicted octanol–water partition coefficient (Wildman–Crippen LogP) is -5.05. The summed E-state index contributed by atoms with van der Waals surface area (Å²) in [6.07, 6.45) is 6.93. The number of hydrogen-bond donors (Lipinski definition) is 6. The molecule has 18 nitrogen and oxygen atoms in total. The van der Waals surface area contributed by atoms with Crippen LogP contribution in [-0.4, -0.2) is 126 Å². The molecule has 4 aliphatic heterocycles. The van der Waals surface area contributed by atoms with E-state index in [1.165, 1.54) is 0 Å². The standard InChI is InChI=1S/2C19H20BN2O7.2Na/c2*23-16(8-12-2-1-7-21-9-12)22-10-14(11-22)28-15-4-3-13-5-6-20(26,27)29-18(13)17(15)19(24)25;;/h2*1-4,7,9,14,26-27H,5-6,8,10-11H2,(H,24,25);;/q2*-1;2*+1. The number of carbonyl (C=O) groups is 4. The van der Waals surface area contributed by atoms with Crippen molar-refractivity contribution in [3.8, 4) is 23.0 Å². The first-order valence-electron chi connectivity index (χ1n) is 18.7. The van der Waals surface area contributed by atoms with E-state index in [2.05, 4.69) is 9.97 Å². The van der Waals surface area contributed by atoms with Crippen LogP contribution in [-0.2, 0) is 35.3 Å². The van der Waals surface area contributed by atoms with Crippen molar-refractivity contribution in [1.82, 2.24) is 19.8 Å². The average Bonchev–Trinajstić information content (AvgIpc) is 3.13. The quantitative estimate of drug-likeness (QED) is 0.0817. The SMILES string of the molecule is O=C(O)c1c(OC2CN(C(=O)Cc3cccnc3)C2)ccc2c1O[B-](O)(O)CC2.O=C(O)c1c(OC2CN(C(=O)Cc3cccnc3)C2)ccc2c1O[B-](O)(O)CC2.[Na+].[Na+]. The molecule has 2 aromatic carbocycles. The molecule has 6 heterocycles. The monoisotopic (exact) mass is 844 g/mol. The Kier molecular flexibility index (Phi) is 15.4. The third-order valence-corrected chi connectivity index (χ3v) is 10.2. The fourth-order valence-corrected chi connectivity index (χ4v) is 7.03. The molecule has 2 saturated heterocycles. The van der Waals surface area contributed by atoms with E-state index in [1.807, 2.05) is 12.1 Å². The van der Waals surface area contributed by atoms with Crippen molar-refractivity contribution >= 4 is 37.3 Å². The van der Waals surface area contributed by atoms with Crippen LogP contribution in [0.25, 0.3) is 0 Å². The molecule has 60 heavy (non-hydrogen) atoms. The Hall–Kier alpha value is -4.21. The Morgan fingerprint density at radius 2 is 1.02 bits per heavy atom. The topological polar surface area (TPSA) is 259 Å². The number of pyridine rings is 2. The zero-order chi connectivity index (χ0) is 41.2. The molecule has 0 atom stereocenters. The minimum absolute atomic E-state index is 0. The molecule has 2 fully saturated rings. The van der Waals surface area contributed by atoms with Crippen molar-refractivity contribution in [2.24, 2.45) is 0 Å². The van der Waals surface area contributed by atoms with Crippen LogP contribution in [0.5, 0.6) is 23.0 Å². The number of aromatic carboxylic acids is 2. The van der Waals surface area contributed by atoms with Gasteiger partial charge in [-0.3, -0.25) is 19.6 Å². The molecule has 2 aromatic heterocycles. The molecule has 4 aliphatic rings. The molecular weight excluding hydrogens is 804 g/mol. The van der Waals surface area contributed by atoms with Crippen LogP contribution in [0.2, 0.25) is 12.6 Å². The van der Waals surface area contributed by atoms with Gasteiger partial charge in [0.1, 0.15) is 34.8 Å². The number of carboxylic acid groups (broad SMARTS) is 2. The number of amides is 2. The number of aromatic nitrogens is 2. The molecule has 8 rings (SSSR count). The van der Waals surface area contributed by atoms with Crippen LogP contribution in [0, 0.1) is 0 Å². The largest absolute Gasteiger partial charge is 1.00 e. The van der Waals surface area contributed by atoms with Gasteiger partial charge in [0.15, 0.2) is 0 Å². The number of fused-ring (bicyclic) bond motifs is 2. The van der Waals surface area contributed by atoms with Crippen LogP contribution in [0.1, 0.15) is 43.0 Å². The maximum absolute atomic E-state index is 12.3. The van der Waals surface area contributed by atoms with Crippen LogP contribution in [0.15, 0.2) is 73.3 Å². The Morgan fingerprint density at radius 3 is 1.35 bits per heavy atom. The van der Waals surface area contributed by atoms with Crippen molar-refractivity contribution in [3.05, 3.63) is 107 Å². The number of aryl methyl sites for hydroxylation is 2. The summed E-state index contributed by atoms with van der Waals surface area (Å²) in [5, 5.41) is 58.4. The van der Waals surface area contributed by atoms with Gasteiger partial charge in [0, 0.05) is 24.8 Å². The average molecular weight is 844 g/mol. The van der Waals surface area contributed by atoms with Crippen molar-refractivity contribution in [1.29, 1.82) is 0 Å². The normalized spacial score (nSPS) is 17.1. The van der Waals surface area contributed by atoms with Crippen LogP contribution in [0.3, 0.4) is 0 Å². The molecular formula is C38H40B2N4Na2O14. The summed E-state index contributed by atoms with van der Waals surface area (Å²) < 4.78 is 21.9. The number of likely N-dealkylation sites (tertiary alicyclic amines) is 2. The zero-order valence-electron chi connectivity index (χ0n) is 33.0. The maximum atomic E-state index is 12.3. The van der Waals surface area contributed by atoms with Gasteiger partial charge in [-0.05, 0) is 59.4 Å². The van der Waals surface area contributed by atoms with Gasteiger partial charge in [-0.25, -0.2) is 9.59 Å². The van der Waals surface area contributed by atoms with Crippen molar-refractivity contribution in [3.63, 3.8) is 0 Å². The second kappa shape index (κ2) is 19.7. The van der Waals surface area contributed by atoms with E-state index >= 15 is 0 Å². The predicted molar refractivity (Wildman–Crippen MR) is 203 cm³/mol. The fraction of sp³-hybridized carbons (Fsp3) is 0.316. The summed E-state index contributed by atoms with van der Waals surface area (Å²) in [6, 6.07) is 13.6.